The Morgan fingerprint density at radius 2 is 1.88 bits per heavy atom. The Bertz CT molecular complexity index is 679. The molecule has 0 radical (unpaired) electrons. The van der Waals surface area contributed by atoms with Crippen molar-refractivity contribution < 1.29 is 23.4 Å². The molecule has 0 aliphatic rings. The summed E-state index contributed by atoms with van der Waals surface area (Å²) in [6.07, 6.45) is -1.02. The Kier molecular flexibility index (Phi) is 6.26. The molecule has 0 aliphatic heterocycles. The molecule has 0 aromatic heterocycles. The fourth-order valence-electron chi connectivity index (χ4n) is 2.17. The fraction of sp³-hybridized carbons (Fsp3) is 0.278. The van der Waals surface area contributed by atoms with Gasteiger partial charge in [-0.05, 0) is 36.8 Å². The number of aliphatic hydroxyl groups is 1. The van der Waals surface area contributed by atoms with Gasteiger partial charge in [-0.2, -0.15) is 0 Å². The van der Waals surface area contributed by atoms with Gasteiger partial charge < -0.3 is 15.2 Å². The maximum absolute atomic E-state index is 13.2. The van der Waals surface area contributed by atoms with Crippen molar-refractivity contribution in [3.8, 4) is 5.75 Å². The molecule has 2 N–H and O–H groups in total. The number of amides is 1. The Balaban J connectivity index is 1.81. The first-order valence-electron chi connectivity index (χ1n) is 7.57. The summed E-state index contributed by atoms with van der Waals surface area (Å²) in [5.41, 5.74) is 0.197. The third-order valence-corrected chi connectivity index (χ3v) is 3.49. The van der Waals surface area contributed by atoms with Gasteiger partial charge in [0.15, 0.2) is 11.6 Å². The zero-order chi connectivity index (χ0) is 17.5. The number of rotatable bonds is 7. The molecule has 128 valence electrons. The minimum Gasteiger partial charge on any atom is -0.493 e. The van der Waals surface area contributed by atoms with Crippen molar-refractivity contribution >= 4 is 5.91 Å². The van der Waals surface area contributed by atoms with Gasteiger partial charge in [-0.15, -0.1) is 0 Å². The van der Waals surface area contributed by atoms with Gasteiger partial charge >= 0.3 is 0 Å². The van der Waals surface area contributed by atoms with Crippen LogP contribution in [0, 0.1) is 11.6 Å². The monoisotopic (exact) mass is 335 g/mol. The Morgan fingerprint density at radius 1 is 1.17 bits per heavy atom. The largest absolute Gasteiger partial charge is 0.493 e. The lowest BCUT2D eigenvalue weighted by atomic mass is 10.0. The van der Waals surface area contributed by atoms with Gasteiger partial charge in [-0.25, -0.2) is 8.78 Å². The van der Waals surface area contributed by atoms with Crippen LogP contribution >= 0.6 is 0 Å². The van der Waals surface area contributed by atoms with E-state index in [-0.39, 0.29) is 24.5 Å². The van der Waals surface area contributed by atoms with Crippen molar-refractivity contribution in [2.45, 2.75) is 25.5 Å². The SMILES string of the molecule is CC(NC(=O)CCOc1ccccc1)C(O)c1ccc(F)c(F)c1. The molecule has 2 aromatic carbocycles. The van der Waals surface area contributed by atoms with Gasteiger partial charge in [-0.1, -0.05) is 24.3 Å². The van der Waals surface area contributed by atoms with Crippen LogP contribution in [-0.4, -0.2) is 23.7 Å². The number of ether oxygens (including phenoxy) is 1. The first kappa shape index (κ1) is 17.9. The van der Waals surface area contributed by atoms with E-state index in [2.05, 4.69) is 5.32 Å². The number of halogens is 2. The number of nitrogens with one attached hydrogen (secondary N) is 1. The van der Waals surface area contributed by atoms with Crippen LogP contribution in [0.5, 0.6) is 5.75 Å². The maximum Gasteiger partial charge on any atom is 0.223 e. The normalized spacial score (nSPS) is 13.2. The molecule has 0 saturated carbocycles. The second kappa shape index (κ2) is 8.40. The molecular weight excluding hydrogens is 316 g/mol. The van der Waals surface area contributed by atoms with Crippen molar-refractivity contribution in [3.63, 3.8) is 0 Å². The summed E-state index contributed by atoms with van der Waals surface area (Å²) in [6.45, 7) is 1.78. The number of para-hydroxylation sites is 1. The summed E-state index contributed by atoms with van der Waals surface area (Å²) in [4.78, 5) is 11.9. The van der Waals surface area contributed by atoms with Gasteiger partial charge in [0.25, 0.3) is 0 Å². The van der Waals surface area contributed by atoms with E-state index in [1.807, 2.05) is 18.2 Å². The summed E-state index contributed by atoms with van der Waals surface area (Å²) in [7, 11) is 0. The lowest BCUT2D eigenvalue weighted by Crippen LogP contribution is -2.37. The van der Waals surface area contributed by atoms with Crippen LogP contribution in [0.15, 0.2) is 48.5 Å². The minimum atomic E-state index is -1.14. The van der Waals surface area contributed by atoms with Crippen LogP contribution in [0.4, 0.5) is 8.78 Å². The van der Waals surface area contributed by atoms with Gasteiger partial charge in [0.05, 0.1) is 25.2 Å². The van der Waals surface area contributed by atoms with E-state index in [4.69, 9.17) is 4.74 Å². The zero-order valence-corrected chi connectivity index (χ0v) is 13.2. The topological polar surface area (TPSA) is 58.6 Å². The molecule has 0 bridgehead atoms. The molecule has 4 nitrogen and oxygen atoms in total. The molecule has 0 saturated heterocycles. The summed E-state index contributed by atoms with van der Waals surface area (Å²) >= 11 is 0. The van der Waals surface area contributed by atoms with Gasteiger partial charge in [0.1, 0.15) is 5.75 Å². The smallest absolute Gasteiger partial charge is 0.223 e. The molecule has 2 rings (SSSR count). The van der Waals surface area contributed by atoms with Crippen molar-refractivity contribution in [3.05, 3.63) is 65.7 Å². The highest BCUT2D eigenvalue weighted by Crippen LogP contribution is 2.19. The molecule has 2 atom stereocenters. The second-order valence-corrected chi connectivity index (χ2v) is 5.39. The number of aliphatic hydroxyl groups excluding tert-OH is 1. The molecule has 6 heteroatoms. The molecular formula is C18H19F2NO3. The van der Waals surface area contributed by atoms with E-state index in [9.17, 15) is 18.7 Å². The number of carbonyl (C=O) groups is 1. The van der Waals surface area contributed by atoms with E-state index < -0.39 is 23.8 Å². The molecule has 2 aromatic rings. The number of hydrogen-bond donors (Lipinski definition) is 2. The van der Waals surface area contributed by atoms with Crippen molar-refractivity contribution in [2.24, 2.45) is 0 Å². The van der Waals surface area contributed by atoms with Crippen LogP contribution in [0.2, 0.25) is 0 Å². The molecule has 24 heavy (non-hydrogen) atoms. The first-order valence-corrected chi connectivity index (χ1v) is 7.57. The van der Waals surface area contributed by atoms with E-state index >= 15 is 0 Å². The average molecular weight is 335 g/mol. The Morgan fingerprint density at radius 3 is 2.54 bits per heavy atom. The van der Waals surface area contributed by atoms with Crippen LogP contribution in [0.1, 0.15) is 25.0 Å². The zero-order valence-electron chi connectivity index (χ0n) is 13.2. The highest BCUT2D eigenvalue weighted by Gasteiger charge is 2.19. The lowest BCUT2D eigenvalue weighted by Gasteiger charge is -2.21. The summed E-state index contributed by atoms with van der Waals surface area (Å²) < 4.78 is 31.5. The van der Waals surface area contributed by atoms with Crippen LogP contribution in [0.25, 0.3) is 0 Å². The average Bonchev–Trinajstić information content (AvgIpc) is 2.57. The molecule has 0 heterocycles. The van der Waals surface area contributed by atoms with Crippen molar-refractivity contribution in [1.29, 1.82) is 0 Å². The van der Waals surface area contributed by atoms with E-state index in [0.29, 0.717) is 5.75 Å². The predicted molar refractivity (Wildman–Crippen MR) is 85.5 cm³/mol. The maximum atomic E-state index is 13.2. The third-order valence-electron chi connectivity index (χ3n) is 3.49. The summed E-state index contributed by atoms with van der Waals surface area (Å²) in [6, 6.07) is 11.6. The molecule has 0 fully saturated rings. The number of carbonyl (C=O) groups excluding carboxylic acids is 1. The molecule has 0 spiro atoms. The van der Waals surface area contributed by atoms with Crippen molar-refractivity contribution in [1.82, 2.24) is 5.32 Å². The quantitative estimate of drug-likeness (QED) is 0.818. The number of benzene rings is 2. The predicted octanol–water partition coefficient (Wildman–Crippen LogP) is 2.97. The second-order valence-electron chi connectivity index (χ2n) is 5.39. The summed E-state index contributed by atoms with van der Waals surface area (Å²) in [5, 5.41) is 12.7. The molecule has 1 amide bonds. The van der Waals surface area contributed by atoms with E-state index in [1.54, 1.807) is 19.1 Å². The number of hydrogen-bond acceptors (Lipinski definition) is 3. The highest BCUT2D eigenvalue weighted by atomic mass is 19.2. The molecule has 0 aliphatic carbocycles. The lowest BCUT2D eigenvalue weighted by molar-refractivity contribution is -0.123. The van der Waals surface area contributed by atoms with Gasteiger partial charge in [0, 0.05) is 0 Å². The summed E-state index contributed by atoms with van der Waals surface area (Å²) in [5.74, 6) is -1.66. The fourth-order valence-corrected chi connectivity index (χ4v) is 2.17. The van der Waals surface area contributed by atoms with Crippen LogP contribution in [0.3, 0.4) is 0 Å². The minimum absolute atomic E-state index is 0.115. The highest BCUT2D eigenvalue weighted by molar-refractivity contribution is 5.76. The van der Waals surface area contributed by atoms with Gasteiger partial charge in [0.2, 0.25) is 5.91 Å². The van der Waals surface area contributed by atoms with E-state index in [1.165, 1.54) is 6.07 Å². The van der Waals surface area contributed by atoms with Crippen molar-refractivity contribution in [2.75, 3.05) is 6.61 Å². The molecule has 2 unspecified atom stereocenters. The third kappa shape index (κ3) is 5.03. The van der Waals surface area contributed by atoms with Gasteiger partial charge in [-0.3, -0.25) is 4.79 Å². The Labute approximate surface area is 139 Å². The van der Waals surface area contributed by atoms with E-state index in [0.717, 1.165) is 12.1 Å². The van der Waals surface area contributed by atoms with Crippen LogP contribution < -0.4 is 10.1 Å². The first-order chi connectivity index (χ1) is 11.5. The Hall–Kier alpha value is -2.47. The van der Waals surface area contributed by atoms with Crippen LogP contribution in [-0.2, 0) is 4.79 Å². The standard InChI is InChI=1S/C18H19F2NO3/c1-12(18(23)13-7-8-15(19)16(20)11-13)21-17(22)9-10-24-14-5-3-2-4-6-14/h2-8,11-12,18,23H,9-10H2,1H3,(H,21,22).